The summed E-state index contributed by atoms with van der Waals surface area (Å²) in [5.74, 6) is -0.325. The smallest absolute Gasteiger partial charge is 0.244 e. The van der Waals surface area contributed by atoms with Gasteiger partial charge in [0.1, 0.15) is 6.54 Å². The van der Waals surface area contributed by atoms with Crippen LogP contribution in [0.4, 0.5) is 5.69 Å². The molecule has 4 heteroatoms. The van der Waals surface area contributed by atoms with Crippen LogP contribution >= 0.6 is 0 Å². The van der Waals surface area contributed by atoms with E-state index in [1.54, 1.807) is 0 Å². The topological polar surface area (TPSA) is 49.4 Å². The van der Waals surface area contributed by atoms with E-state index < -0.39 is 0 Å². The zero-order valence-corrected chi connectivity index (χ0v) is 12.0. The molecule has 2 aromatic rings. The van der Waals surface area contributed by atoms with Gasteiger partial charge in [-0.25, -0.2) is 0 Å². The first-order valence-electron chi connectivity index (χ1n) is 6.79. The van der Waals surface area contributed by atoms with Crippen molar-refractivity contribution in [3.63, 3.8) is 0 Å². The predicted octanol–water partition coefficient (Wildman–Crippen LogP) is 2.67. The number of hydrogen-bond acceptors (Lipinski definition) is 2. The van der Waals surface area contributed by atoms with E-state index in [1.165, 1.54) is 11.8 Å². The van der Waals surface area contributed by atoms with Gasteiger partial charge in [-0.2, -0.15) is 0 Å². The Labute approximate surface area is 124 Å². The summed E-state index contributed by atoms with van der Waals surface area (Å²) in [5.41, 5.74) is 1.73. The fraction of sp³-hybridized carbons (Fsp3) is 0.176. The molecule has 0 heterocycles. The van der Waals surface area contributed by atoms with Crippen LogP contribution in [0.1, 0.15) is 12.5 Å². The lowest BCUT2D eigenvalue weighted by atomic mass is 10.2. The van der Waals surface area contributed by atoms with Crippen LogP contribution in [-0.2, 0) is 16.1 Å². The summed E-state index contributed by atoms with van der Waals surface area (Å²) in [6.45, 7) is 1.94. The lowest BCUT2D eigenvalue weighted by Crippen LogP contribution is -2.36. The van der Waals surface area contributed by atoms with Gasteiger partial charge in [-0.15, -0.1) is 0 Å². The van der Waals surface area contributed by atoms with E-state index in [4.69, 9.17) is 0 Å². The summed E-state index contributed by atoms with van der Waals surface area (Å²) in [6, 6.07) is 18.8. The highest BCUT2D eigenvalue weighted by Crippen LogP contribution is 2.07. The van der Waals surface area contributed by atoms with Crippen molar-refractivity contribution >= 4 is 17.5 Å². The van der Waals surface area contributed by atoms with Crippen molar-refractivity contribution in [2.45, 2.75) is 13.5 Å². The molecule has 0 bridgehead atoms. The highest BCUT2D eigenvalue weighted by atomic mass is 16.2. The molecule has 0 aliphatic rings. The van der Waals surface area contributed by atoms with E-state index in [9.17, 15) is 9.59 Å². The van der Waals surface area contributed by atoms with Gasteiger partial charge >= 0.3 is 0 Å². The van der Waals surface area contributed by atoms with Gasteiger partial charge in [0, 0.05) is 19.2 Å². The van der Waals surface area contributed by atoms with Crippen LogP contribution in [0.15, 0.2) is 60.7 Å². The fourth-order valence-electron chi connectivity index (χ4n) is 1.98. The molecule has 0 aromatic heterocycles. The Hall–Kier alpha value is -2.62. The normalized spacial score (nSPS) is 9.95. The van der Waals surface area contributed by atoms with Crippen molar-refractivity contribution < 1.29 is 9.59 Å². The first-order chi connectivity index (χ1) is 10.1. The van der Waals surface area contributed by atoms with Gasteiger partial charge in [-0.1, -0.05) is 48.5 Å². The summed E-state index contributed by atoms with van der Waals surface area (Å²) in [4.78, 5) is 25.2. The Bertz CT molecular complexity index is 597. The van der Waals surface area contributed by atoms with Crippen LogP contribution in [0, 0.1) is 0 Å². The van der Waals surface area contributed by atoms with E-state index in [0.29, 0.717) is 6.54 Å². The molecule has 2 rings (SSSR count). The number of anilines is 1. The van der Waals surface area contributed by atoms with Crippen molar-refractivity contribution in [3.8, 4) is 0 Å². The average molecular weight is 282 g/mol. The van der Waals surface area contributed by atoms with Crippen LogP contribution in [0.3, 0.4) is 0 Å². The Morgan fingerprint density at radius 3 is 2.10 bits per heavy atom. The summed E-state index contributed by atoms with van der Waals surface area (Å²) in [5, 5.41) is 2.78. The Kier molecular flexibility index (Phi) is 5.10. The minimum atomic E-state index is -0.202. The second-order valence-electron chi connectivity index (χ2n) is 4.77. The number of hydrogen-bond donors (Lipinski definition) is 1. The molecule has 108 valence electrons. The zero-order chi connectivity index (χ0) is 15.1. The molecule has 21 heavy (non-hydrogen) atoms. The molecule has 0 spiro atoms. The van der Waals surface area contributed by atoms with Gasteiger partial charge in [0.2, 0.25) is 11.8 Å². The molecule has 0 saturated carbocycles. The largest absolute Gasteiger partial charge is 0.329 e. The van der Waals surface area contributed by atoms with Gasteiger partial charge in [-0.05, 0) is 17.7 Å². The van der Waals surface area contributed by atoms with E-state index in [0.717, 1.165) is 11.3 Å². The van der Waals surface area contributed by atoms with Crippen molar-refractivity contribution in [2.24, 2.45) is 0 Å². The van der Waals surface area contributed by atoms with Crippen LogP contribution in [0.2, 0.25) is 0 Å². The van der Waals surface area contributed by atoms with Gasteiger partial charge in [0.05, 0.1) is 0 Å². The zero-order valence-electron chi connectivity index (χ0n) is 12.0. The summed E-state index contributed by atoms with van der Waals surface area (Å²) in [7, 11) is 0. The monoisotopic (exact) mass is 282 g/mol. The van der Waals surface area contributed by atoms with Crippen LogP contribution in [0.5, 0.6) is 0 Å². The fourth-order valence-corrected chi connectivity index (χ4v) is 1.98. The quantitative estimate of drug-likeness (QED) is 0.916. The molecular weight excluding hydrogens is 264 g/mol. The van der Waals surface area contributed by atoms with E-state index in [-0.39, 0.29) is 18.4 Å². The third-order valence-corrected chi connectivity index (χ3v) is 3.05. The Morgan fingerprint density at radius 1 is 0.952 bits per heavy atom. The number of nitrogens with one attached hydrogen (secondary N) is 1. The minimum absolute atomic E-state index is 0.0408. The Morgan fingerprint density at radius 2 is 1.52 bits per heavy atom. The maximum atomic E-state index is 12.0. The van der Waals surface area contributed by atoms with Crippen LogP contribution in [-0.4, -0.2) is 23.3 Å². The first-order valence-corrected chi connectivity index (χ1v) is 6.79. The van der Waals surface area contributed by atoms with Crippen molar-refractivity contribution in [2.75, 3.05) is 11.9 Å². The lowest BCUT2D eigenvalue weighted by Gasteiger charge is -2.20. The van der Waals surface area contributed by atoms with Crippen molar-refractivity contribution in [1.82, 2.24) is 4.90 Å². The lowest BCUT2D eigenvalue weighted by molar-refractivity contribution is -0.133. The van der Waals surface area contributed by atoms with Crippen molar-refractivity contribution in [1.29, 1.82) is 0 Å². The van der Waals surface area contributed by atoms with Crippen LogP contribution in [0.25, 0.3) is 0 Å². The van der Waals surface area contributed by atoms with Gasteiger partial charge in [0.15, 0.2) is 0 Å². The molecule has 1 N–H and O–H groups in total. The number of carbonyl (C=O) groups is 2. The van der Waals surface area contributed by atoms with Gasteiger partial charge < -0.3 is 10.2 Å². The standard InChI is InChI=1S/C17H18N2O2/c1-14(20)19(12-15-8-4-2-5-9-15)13-17(21)18-16-10-6-3-7-11-16/h2-11H,12-13H2,1H3,(H,18,21). The highest BCUT2D eigenvalue weighted by molar-refractivity contribution is 5.94. The Balaban J connectivity index is 1.96. The number of rotatable bonds is 5. The van der Waals surface area contributed by atoms with Gasteiger partial charge in [-0.3, -0.25) is 9.59 Å². The summed E-state index contributed by atoms with van der Waals surface area (Å²) < 4.78 is 0. The SMILES string of the molecule is CC(=O)N(CC(=O)Nc1ccccc1)Cc1ccccc1. The maximum Gasteiger partial charge on any atom is 0.244 e. The second-order valence-corrected chi connectivity index (χ2v) is 4.77. The van der Waals surface area contributed by atoms with Crippen molar-refractivity contribution in [3.05, 3.63) is 66.2 Å². The molecule has 0 atom stereocenters. The first kappa shape index (κ1) is 14.8. The second kappa shape index (κ2) is 7.24. The number of carbonyl (C=O) groups excluding carboxylic acids is 2. The number of amides is 2. The molecule has 0 unspecified atom stereocenters. The molecule has 0 aliphatic carbocycles. The molecule has 0 saturated heterocycles. The summed E-state index contributed by atoms with van der Waals surface area (Å²) in [6.07, 6.45) is 0. The van der Waals surface area contributed by atoms with E-state index in [1.807, 2.05) is 60.7 Å². The molecule has 2 aromatic carbocycles. The van der Waals surface area contributed by atoms with E-state index >= 15 is 0 Å². The number of benzene rings is 2. The predicted molar refractivity (Wildman–Crippen MR) is 82.6 cm³/mol. The molecule has 2 amide bonds. The number of para-hydroxylation sites is 1. The third-order valence-electron chi connectivity index (χ3n) is 3.05. The minimum Gasteiger partial charge on any atom is -0.329 e. The molecule has 0 fully saturated rings. The molecule has 0 radical (unpaired) electrons. The third kappa shape index (κ3) is 4.76. The highest BCUT2D eigenvalue weighted by Gasteiger charge is 2.14. The summed E-state index contributed by atoms with van der Waals surface area (Å²) >= 11 is 0. The molecular formula is C17H18N2O2. The van der Waals surface area contributed by atoms with Crippen LogP contribution < -0.4 is 5.32 Å². The number of nitrogens with zero attached hydrogens (tertiary/aromatic N) is 1. The molecule has 0 aliphatic heterocycles. The van der Waals surface area contributed by atoms with E-state index in [2.05, 4.69) is 5.32 Å². The maximum absolute atomic E-state index is 12.0. The van der Waals surface area contributed by atoms with Gasteiger partial charge in [0.25, 0.3) is 0 Å². The average Bonchev–Trinajstić information content (AvgIpc) is 2.48. The molecule has 4 nitrogen and oxygen atoms in total.